The number of nitrogens with one attached hydrogen (secondary N) is 1. The van der Waals surface area contributed by atoms with Crippen LogP contribution in [0.3, 0.4) is 0 Å². The van der Waals surface area contributed by atoms with Crippen LogP contribution in [0.4, 0.5) is 5.00 Å². The van der Waals surface area contributed by atoms with Crippen LogP contribution < -0.4 is 10.1 Å². The van der Waals surface area contributed by atoms with Crippen LogP contribution in [-0.2, 0) is 23.1 Å². The molecule has 0 unspecified atom stereocenters. The minimum absolute atomic E-state index is 0.171. The summed E-state index contributed by atoms with van der Waals surface area (Å²) in [6.45, 7) is 2.76. The predicted octanol–water partition coefficient (Wildman–Crippen LogP) is 3.32. The molecule has 1 aromatic carbocycles. The van der Waals surface area contributed by atoms with Crippen LogP contribution in [0, 0.1) is 6.92 Å². The van der Waals surface area contributed by atoms with E-state index >= 15 is 0 Å². The average Bonchev–Trinajstić information content (AvgIpc) is 3.31. The molecular weight excluding hydrogens is 416 g/mol. The van der Waals surface area contributed by atoms with Gasteiger partial charge in [0.05, 0.1) is 27.0 Å². The molecule has 1 amide bonds. The maximum Gasteiger partial charge on any atom is 0.341 e. The fourth-order valence-electron chi connectivity index (χ4n) is 3.20. The number of hydrogen-bond acceptors (Lipinski definition) is 7. The molecule has 2 aromatic heterocycles. The largest absolute Gasteiger partial charge is 0.497 e. The zero-order chi connectivity index (χ0) is 22.5. The summed E-state index contributed by atoms with van der Waals surface area (Å²) >= 11 is 1.29. The summed E-state index contributed by atoms with van der Waals surface area (Å²) in [6, 6.07) is 7.37. The number of carbonyl (C=O) groups excluding carboxylic acids is 2. The topological polar surface area (TPSA) is 85.7 Å². The molecule has 0 fully saturated rings. The minimum atomic E-state index is -0.498. The Labute approximate surface area is 185 Å². The number of methoxy groups -OCH3 is 2. The van der Waals surface area contributed by atoms with E-state index in [4.69, 9.17) is 9.47 Å². The number of carbonyl (C=O) groups is 2. The molecule has 0 atom stereocenters. The van der Waals surface area contributed by atoms with Crippen molar-refractivity contribution in [2.24, 2.45) is 7.05 Å². The Balaban J connectivity index is 1.75. The fourth-order valence-corrected chi connectivity index (χ4v) is 4.17. The maximum absolute atomic E-state index is 12.7. The lowest BCUT2D eigenvalue weighted by atomic mass is 10.0. The number of nitrogens with zero attached hydrogens (tertiary/aromatic N) is 3. The van der Waals surface area contributed by atoms with Crippen LogP contribution in [0.15, 0.2) is 35.8 Å². The monoisotopic (exact) mass is 442 g/mol. The molecule has 8 nitrogen and oxygen atoms in total. The smallest absolute Gasteiger partial charge is 0.341 e. The quantitative estimate of drug-likeness (QED) is 0.539. The van der Waals surface area contributed by atoms with Crippen molar-refractivity contribution in [3.05, 3.63) is 52.7 Å². The molecule has 1 N–H and O–H groups in total. The van der Waals surface area contributed by atoms with Gasteiger partial charge in [0.1, 0.15) is 16.3 Å². The molecule has 0 radical (unpaired) electrons. The fraction of sp³-hybridized carbons (Fsp3) is 0.318. The maximum atomic E-state index is 12.7. The number of anilines is 1. The van der Waals surface area contributed by atoms with E-state index < -0.39 is 5.97 Å². The third-order valence-corrected chi connectivity index (χ3v) is 5.92. The van der Waals surface area contributed by atoms with E-state index in [0.717, 1.165) is 22.6 Å². The summed E-state index contributed by atoms with van der Waals surface area (Å²) in [5.41, 5.74) is 4.00. The van der Waals surface area contributed by atoms with Crippen molar-refractivity contribution >= 4 is 28.2 Å². The van der Waals surface area contributed by atoms with Crippen molar-refractivity contribution in [1.82, 2.24) is 14.7 Å². The number of esters is 1. The number of aryl methyl sites for hydroxylation is 1. The van der Waals surface area contributed by atoms with E-state index in [0.29, 0.717) is 22.7 Å². The first kappa shape index (κ1) is 22.5. The second-order valence-electron chi connectivity index (χ2n) is 7.17. The Bertz CT molecular complexity index is 1070. The standard InChI is InChI=1S/C22H26N4O4S/c1-14-16(10-23-26(14)3)11-25(2)12-19(27)24-21-20(22(28)30-5)18(13-31-21)15-6-8-17(29-4)9-7-15/h6-10,13H,11-12H2,1-5H3,(H,24,27). The molecule has 0 aliphatic rings. The molecule has 0 aliphatic carbocycles. The number of likely N-dealkylation sites (N-methyl/N-ethyl adjacent to an activating group) is 1. The molecule has 3 rings (SSSR count). The number of benzene rings is 1. The summed E-state index contributed by atoms with van der Waals surface area (Å²) in [7, 11) is 6.68. The van der Waals surface area contributed by atoms with Crippen LogP contribution in [0.25, 0.3) is 11.1 Å². The summed E-state index contributed by atoms with van der Waals surface area (Å²) in [5.74, 6) is 0.0121. The van der Waals surface area contributed by atoms with E-state index in [2.05, 4.69) is 10.4 Å². The summed E-state index contributed by atoms with van der Waals surface area (Å²) < 4.78 is 12.0. The lowest BCUT2D eigenvalue weighted by Crippen LogP contribution is -2.30. The molecule has 164 valence electrons. The zero-order valence-electron chi connectivity index (χ0n) is 18.3. The van der Waals surface area contributed by atoms with E-state index in [1.807, 2.05) is 55.6 Å². The number of amides is 1. The Morgan fingerprint density at radius 2 is 1.94 bits per heavy atom. The summed E-state index contributed by atoms with van der Waals surface area (Å²) in [5, 5.41) is 9.40. The van der Waals surface area contributed by atoms with Crippen molar-refractivity contribution < 1.29 is 19.1 Å². The molecule has 2 heterocycles. The lowest BCUT2D eigenvalue weighted by Gasteiger charge is -2.16. The number of hydrogen-bond donors (Lipinski definition) is 1. The SMILES string of the molecule is COC(=O)c1c(-c2ccc(OC)cc2)csc1NC(=O)CN(C)Cc1cnn(C)c1C. The van der Waals surface area contributed by atoms with Gasteiger partial charge in [-0.15, -0.1) is 11.3 Å². The molecule has 0 spiro atoms. The minimum Gasteiger partial charge on any atom is -0.497 e. The van der Waals surface area contributed by atoms with Gasteiger partial charge in [-0.2, -0.15) is 5.10 Å². The second-order valence-corrected chi connectivity index (χ2v) is 8.05. The van der Waals surface area contributed by atoms with Gasteiger partial charge in [0, 0.05) is 35.8 Å². The number of ether oxygens (including phenoxy) is 2. The lowest BCUT2D eigenvalue weighted by molar-refractivity contribution is -0.117. The third kappa shape index (κ3) is 5.12. The highest BCUT2D eigenvalue weighted by Crippen LogP contribution is 2.36. The van der Waals surface area contributed by atoms with Gasteiger partial charge in [-0.05, 0) is 31.7 Å². The Morgan fingerprint density at radius 3 is 2.52 bits per heavy atom. The van der Waals surface area contributed by atoms with Crippen molar-refractivity contribution in [3.8, 4) is 16.9 Å². The molecule has 3 aromatic rings. The van der Waals surface area contributed by atoms with Crippen molar-refractivity contribution in [1.29, 1.82) is 0 Å². The van der Waals surface area contributed by atoms with E-state index in [9.17, 15) is 9.59 Å². The summed E-state index contributed by atoms with van der Waals surface area (Å²) in [4.78, 5) is 27.0. The van der Waals surface area contributed by atoms with Crippen LogP contribution in [0.5, 0.6) is 5.75 Å². The number of rotatable bonds is 8. The van der Waals surface area contributed by atoms with Gasteiger partial charge in [0.15, 0.2) is 0 Å². The van der Waals surface area contributed by atoms with Gasteiger partial charge in [0.2, 0.25) is 5.91 Å². The van der Waals surface area contributed by atoms with Gasteiger partial charge < -0.3 is 14.8 Å². The molecule has 0 bridgehead atoms. The highest BCUT2D eigenvalue weighted by molar-refractivity contribution is 7.15. The Hall–Kier alpha value is -3.17. The van der Waals surface area contributed by atoms with Gasteiger partial charge in [0.25, 0.3) is 0 Å². The van der Waals surface area contributed by atoms with Crippen LogP contribution in [0.1, 0.15) is 21.6 Å². The molecule has 0 saturated heterocycles. The first-order valence-corrected chi connectivity index (χ1v) is 10.5. The first-order chi connectivity index (χ1) is 14.8. The average molecular weight is 443 g/mol. The van der Waals surface area contributed by atoms with Crippen LogP contribution in [-0.4, -0.2) is 54.4 Å². The highest BCUT2D eigenvalue weighted by Gasteiger charge is 2.23. The molecule has 0 aliphatic heterocycles. The van der Waals surface area contributed by atoms with E-state index in [1.165, 1.54) is 18.4 Å². The highest BCUT2D eigenvalue weighted by atomic mass is 32.1. The molecule has 0 saturated carbocycles. The molecular formula is C22H26N4O4S. The normalized spacial score (nSPS) is 10.9. The van der Waals surface area contributed by atoms with E-state index in [-0.39, 0.29) is 12.5 Å². The predicted molar refractivity (Wildman–Crippen MR) is 121 cm³/mol. The Morgan fingerprint density at radius 1 is 1.23 bits per heavy atom. The Kier molecular flexibility index (Phi) is 7.09. The first-order valence-electron chi connectivity index (χ1n) is 9.64. The van der Waals surface area contributed by atoms with Crippen molar-refractivity contribution in [3.63, 3.8) is 0 Å². The molecule has 9 heteroatoms. The molecule has 31 heavy (non-hydrogen) atoms. The number of aromatic nitrogens is 2. The number of thiophene rings is 1. The van der Waals surface area contributed by atoms with Gasteiger partial charge in [-0.1, -0.05) is 12.1 Å². The van der Waals surface area contributed by atoms with Crippen LogP contribution >= 0.6 is 11.3 Å². The summed E-state index contributed by atoms with van der Waals surface area (Å²) in [6.07, 6.45) is 1.81. The van der Waals surface area contributed by atoms with Gasteiger partial charge in [-0.25, -0.2) is 4.79 Å². The van der Waals surface area contributed by atoms with E-state index in [1.54, 1.807) is 18.0 Å². The van der Waals surface area contributed by atoms with Gasteiger partial charge >= 0.3 is 5.97 Å². The van der Waals surface area contributed by atoms with Crippen molar-refractivity contribution in [2.75, 3.05) is 33.1 Å². The second kappa shape index (κ2) is 9.76. The zero-order valence-corrected chi connectivity index (χ0v) is 19.1. The van der Waals surface area contributed by atoms with Crippen molar-refractivity contribution in [2.45, 2.75) is 13.5 Å². The van der Waals surface area contributed by atoms with Gasteiger partial charge in [-0.3, -0.25) is 14.4 Å². The third-order valence-electron chi connectivity index (χ3n) is 5.03. The van der Waals surface area contributed by atoms with Crippen LogP contribution in [0.2, 0.25) is 0 Å².